The fourth-order valence-corrected chi connectivity index (χ4v) is 2.27. The minimum Gasteiger partial charge on any atom is -0.467 e. The van der Waals surface area contributed by atoms with E-state index >= 15 is 0 Å². The van der Waals surface area contributed by atoms with E-state index in [0.717, 1.165) is 17.7 Å². The number of nitrogens with zero attached hydrogens (tertiary/aromatic N) is 2. The maximum atomic E-state index is 11.8. The first kappa shape index (κ1) is 16.0. The van der Waals surface area contributed by atoms with Gasteiger partial charge in [0.05, 0.1) is 12.8 Å². The number of furan rings is 1. The molecule has 3 aromatic rings. The van der Waals surface area contributed by atoms with E-state index in [1.54, 1.807) is 12.3 Å². The standard InChI is InChI=1S/C18H19N3O3/c1-2-13-5-7-14(8-6-13)18-20-17(24-21-18)10-9-16(22)19-12-15-4-3-11-23-15/h3-8,11H,2,9-10,12H2,1H3,(H,19,22). The van der Waals surface area contributed by atoms with Crippen molar-refractivity contribution in [1.82, 2.24) is 15.5 Å². The van der Waals surface area contributed by atoms with Gasteiger partial charge in [-0.1, -0.05) is 36.3 Å². The molecule has 1 aromatic carbocycles. The summed E-state index contributed by atoms with van der Waals surface area (Å²) in [6.45, 7) is 2.49. The van der Waals surface area contributed by atoms with Gasteiger partial charge in [-0.2, -0.15) is 4.98 Å². The van der Waals surface area contributed by atoms with E-state index in [1.165, 1.54) is 5.56 Å². The van der Waals surface area contributed by atoms with Crippen LogP contribution >= 0.6 is 0 Å². The van der Waals surface area contributed by atoms with Crippen LogP contribution in [0.1, 0.15) is 30.6 Å². The molecule has 0 saturated carbocycles. The second kappa shape index (κ2) is 7.59. The van der Waals surface area contributed by atoms with Gasteiger partial charge in [0.15, 0.2) is 0 Å². The van der Waals surface area contributed by atoms with E-state index in [2.05, 4.69) is 22.4 Å². The lowest BCUT2D eigenvalue weighted by Crippen LogP contribution is -2.22. The van der Waals surface area contributed by atoms with Gasteiger partial charge in [-0.15, -0.1) is 0 Å². The van der Waals surface area contributed by atoms with E-state index in [-0.39, 0.29) is 12.3 Å². The van der Waals surface area contributed by atoms with Crippen LogP contribution in [0.4, 0.5) is 0 Å². The summed E-state index contributed by atoms with van der Waals surface area (Å²) >= 11 is 0. The van der Waals surface area contributed by atoms with Crippen molar-refractivity contribution in [3.05, 3.63) is 59.9 Å². The van der Waals surface area contributed by atoms with Gasteiger partial charge in [0.1, 0.15) is 5.76 Å². The number of aryl methyl sites for hydroxylation is 2. The van der Waals surface area contributed by atoms with E-state index in [0.29, 0.717) is 24.7 Å². The molecule has 0 fully saturated rings. The number of nitrogens with one attached hydrogen (secondary N) is 1. The fourth-order valence-electron chi connectivity index (χ4n) is 2.27. The molecule has 0 aliphatic rings. The Kier molecular flexibility index (Phi) is 5.05. The normalized spacial score (nSPS) is 10.7. The van der Waals surface area contributed by atoms with Gasteiger partial charge in [-0.05, 0) is 24.1 Å². The second-order valence-corrected chi connectivity index (χ2v) is 5.42. The first-order valence-electron chi connectivity index (χ1n) is 7.95. The van der Waals surface area contributed by atoms with E-state index in [9.17, 15) is 4.79 Å². The summed E-state index contributed by atoms with van der Waals surface area (Å²) in [6, 6.07) is 11.6. The summed E-state index contributed by atoms with van der Waals surface area (Å²) < 4.78 is 10.4. The Balaban J connectivity index is 1.51. The molecule has 0 aliphatic carbocycles. The molecule has 6 nitrogen and oxygen atoms in total. The molecule has 6 heteroatoms. The Hall–Kier alpha value is -2.89. The number of aromatic nitrogens is 2. The summed E-state index contributed by atoms with van der Waals surface area (Å²) in [5.74, 6) is 1.64. The van der Waals surface area contributed by atoms with E-state index in [4.69, 9.17) is 8.94 Å². The molecule has 2 heterocycles. The van der Waals surface area contributed by atoms with Crippen molar-refractivity contribution in [1.29, 1.82) is 0 Å². The van der Waals surface area contributed by atoms with Crippen LogP contribution in [0.15, 0.2) is 51.6 Å². The molecule has 2 aromatic heterocycles. The number of benzene rings is 1. The maximum Gasteiger partial charge on any atom is 0.227 e. The molecule has 0 bridgehead atoms. The SMILES string of the molecule is CCc1ccc(-c2noc(CCC(=O)NCc3ccco3)n2)cc1. The van der Waals surface area contributed by atoms with Crippen LogP contribution in [0.5, 0.6) is 0 Å². The van der Waals surface area contributed by atoms with Crippen LogP contribution in [-0.4, -0.2) is 16.0 Å². The first-order valence-corrected chi connectivity index (χ1v) is 7.95. The molecule has 0 aliphatic heterocycles. The number of hydrogen-bond acceptors (Lipinski definition) is 5. The molecule has 0 saturated heterocycles. The maximum absolute atomic E-state index is 11.8. The second-order valence-electron chi connectivity index (χ2n) is 5.42. The summed E-state index contributed by atoms with van der Waals surface area (Å²) in [6.07, 6.45) is 3.26. The van der Waals surface area contributed by atoms with Crippen molar-refractivity contribution >= 4 is 5.91 Å². The Labute approximate surface area is 139 Å². The lowest BCUT2D eigenvalue weighted by molar-refractivity contribution is -0.121. The molecule has 0 unspecified atom stereocenters. The quantitative estimate of drug-likeness (QED) is 0.721. The summed E-state index contributed by atoms with van der Waals surface area (Å²) in [7, 11) is 0. The summed E-state index contributed by atoms with van der Waals surface area (Å²) in [5.41, 5.74) is 2.17. The monoisotopic (exact) mass is 325 g/mol. The van der Waals surface area contributed by atoms with Crippen LogP contribution in [0, 0.1) is 0 Å². The molecule has 0 radical (unpaired) electrons. The van der Waals surface area contributed by atoms with Crippen molar-refractivity contribution in [2.75, 3.05) is 0 Å². The lowest BCUT2D eigenvalue weighted by Gasteiger charge is -2.01. The zero-order valence-electron chi connectivity index (χ0n) is 13.5. The van der Waals surface area contributed by atoms with Crippen LogP contribution < -0.4 is 5.32 Å². The minimum absolute atomic E-state index is 0.0848. The highest BCUT2D eigenvalue weighted by Crippen LogP contribution is 2.17. The lowest BCUT2D eigenvalue weighted by atomic mass is 10.1. The molecule has 1 N–H and O–H groups in total. The number of carbonyl (C=O) groups is 1. The zero-order valence-corrected chi connectivity index (χ0v) is 13.5. The third-order valence-electron chi connectivity index (χ3n) is 3.69. The van der Waals surface area contributed by atoms with Gasteiger partial charge in [0, 0.05) is 18.4 Å². The van der Waals surface area contributed by atoms with Gasteiger partial charge in [0.25, 0.3) is 0 Å². The Morgan fingerprint density at radius 1 is 1.21 bits per heavy atom. The number of hydrogen-bond donors (Lipinski definition) is 1. The predicted octanol–water partition coefficient (Wildman–Crippen LogP) is 3.14. The number of carbonyl (C=O) groups excluding carboxylic acids is 1. The first-order chi connectivity index (χ1) is 11.7. The van der Waals surface area contributed by atoms with Gasteiger partial charge >= 0.3 is 0 Å². The highest BCUT2D eigenvalue weighted by atomic mass is 16.5. The Morgan fingerprint density at radius 3 is 2.75 bits per heavy atom. The van der Waals surface area contributed by atoms with Crippen LogP contribution in [0.3, 0.4) is 0 Å². The molecule has 124 valence electrons. The fraction of sp³-hybridized carbons (Fsp3) is 0.278. The van der Waals surface area contributed by atoms with Gasteiger partial charge in [-0.3, -0.25) is 4.79 Å². The van der Waals surface area contributed by atoms with Crippen molar-refractivity contribution in [2.45, 2.75) is 32.7 Å². The third-order valence-corrected chi connectivity index (χ3v) is 3.69. The highest BCUT2D eigenvalue weighted by molar-refractivity contribution is 5.75. The number of amides is 1. The summed E-state index contributed by atoms with van der Waals surface area (Å²) in [4.78, 5) is 16.2. The molecular formula is C18H19N3O3. The van der Waals surface area contributed by atoms with Gasteiger partial charge in [-0.25, -0.2) is 0 Å². The molecular weight excluding hydrogens is 306 g/mol. The van der Waals surface area contributed by atoms with Crippen LogP contribution in [-0.2, 0) is 24.2 Å². The van der Waals surface area contributed by atoms with Crippen LogP contribution in [0.25, 0.3) is 11.4 Å². The van der Waals surface area contributed by atoms with Crippen molar-refractivity contribution in [3.8, 4) is 11.4 Å². The molecule has 24 heavy (non-hydrogen) atoms. The Morgan fingerprint density at radius 2 is 2.04 bits per heavy atom. The van der Waals surface area contributed by atoms with E-state index in [1.807, 2.05) is 30.3 Å². The summed E-state index contributed by atoms with van der Waals surface area (Å²) in [5, 5.41) is 6.76. The average Bonchev–Trinajstić information content (AvgIpc) is 3.30. The topological polar surface area (TPSA) is 81.2 Å². The minimum atomic E-state index is -0.0848. The molecule has 0 atom stereocenters. The smallest absolute Gasteiger partial charge is 0.227 e. The van der Waals surface area contributed by atoms with E-state index < -0.39 is 0 Å². The molecule has 1 amide bonds. The highest BCUT2D eigenvalue weighted by Gasteiger charge is 2.11. The van der Waals surface area contributed by atoms with Crippen molar-refractivity contribution < 1.29 is 13.7 Å². The average molecular weight is 325 g/mol. The zero-order chi connectivity index (χ0) is 16.8. The molecule has 0 spiro atoms. The van der Waals surface area contributed by atoms with Gasteiger partial charge in [0.2, 0.25) is 17.6 Å². The number of rotatable bonds is 7. The Bertz CT molecular complexity index is 776. The third kappa shape index (κ3) is 4.10. The molecule has 3 rings (SSSR count). The van der Waals surface area contributed by atoms with Gasteiger partial charge < -0.3 is 14.3 Å². The predicted molar refractivity (Wildman–Crippen MR) is 88.0 cm³/mol. The van der Waals surface area contributed by atoms with Crippen molar-refractivity contribution in [3.63, 3.8) is 0 Å². The van der Waals surface area contributed by atoms with Crippen molar-refractivity contribution in [2.24, 2.45) is 0 Å². The van der Waals surface area contributed by atoms with Crippen LogP contribution in [0.2, 0.25) is 0 Å². The largest absolute Gasteiger partial charge is 0.467 e.